The molecule has 6 nitrogen and oxygen atoms in total. The fourth-order valence-corrected chi connectivity index (χ4v) is 4.62. The van der Waals surface area contributed by atoms with Crippen LogP contribution in [0, 0.1) is 0 Å². The summed E-state index contributed by atoms with van der Waals surface area (Å²) in [7, 11) is 4.51. The lowest BCUT2D eigenvalue weighted by atomic mass is 10.0. The zero-order valence-corrected chi connectivity index (χ0v) is 21.9. The van der Waals surface area contributed by atoms with Gasteiger partial charge >= 0.3 is 5.97 Å². The molecule has 0 spiro atoms. The topological polar surface area (TPSA) is 78.1 Å². The lowest BCUT2D eigenvalue weighted by molar-refractivity contribution is 0.0692. The highest BCUT2D eigenvalue weighted by Gasteiger charge is 2.20. The molecule has 0 fully saturated rings. The van der Waals surface area contributed by atoms with Crippen LogP contribution in [0.3, 0.4) is 0 Å². The Kier molecular flexibility index (Phi) is 7.87. The van der Waals surface area contributed by atoms with Crippen LogP contribution >= 0.6 is 0 Å². The minimum atomic E-state index is -1.10. The molecule has 0 saturated carbocycles. The average Bonchev–Trinajstić information content (AvgIpc) is 3.35. The van der Waals surface area contributed by atoms with E-state index < -0.39 is 5.97 Å². The number of aromatic carboxylic acids is 1. The van der Waals surface area contributed by atoms with E-state index in [1.54, 1.807) is 25.3 Å². The molecule has 6 heteroatoms. The van der Waals surface area contributed by atoms with Gasteiger partial charge in [0.15, 0.2) is 11.5 Å². The lowest BCUT2D eigenvalue weighted by Crippen LogP contribution is -2.05. The minimum Gasteiger partial charge on any atom is -0.496 e. The van der Waals surface area contributed by atoms with Gasteiger partial charge in [0.05, 0.1) is 21.3 Å². The standard InChI is InChI=1S/C31H32O6/c1-6-8-19-15-20(7-2)29-24(16-19)18-27(37-29)23-12-10-21(26(17-23)35-4)9-11-22-13-14-25(34-3)30(36-5)28(22)31(32)33/h9-18H,6-8H2,1-5H3,(H,32,33). The average molecular weight is 501 g/mol. The van der Waals surface area contributed by atoms with E-state index in [0.29, 0.717) is 17.1 Å². The molecule has 0 radical (unpaired) electrons. The number of carboxylic acid groups (broad SMARTS) is 1. The van der Waals surface area contributed by atoms with Crippen molar-refractivity contribution in [2.45, 2.75) is 33.1 Å². The quantitative estimate of drug-likeness (QED) is 0.227. The van der Waals surface area contributed by atoms with Gasteiger partial charge in [-0.25, -0.2) is 4.79 Å². The van der Waals surface area contributed by atoms with Gasteiger partial charge in [-0.15, -0.1) is 0 Å². The number of carbonyl (C=O) groups is 1. The monoisotopic (exact) mass is 500 g/mol. The van der Waals surface area contributed by atoms with Crippen molar-refractivity contribution < 1.29 is 28.5 Å². The first-order valence-corrected chi connectivity index (χ1v) is 12.3. The second kappa shape index (κ2) is 11.2. The molecule has 0 aliphatic heterocycles. The molecule has 1 aromatic heterocycles. The van der Waals surface area contributed by atoms with E-state index in [2.05, 4.69) is 32.0 Å². The normalized spacial score (nSPS) is 11.3. The van der Waals surface area contributed by atoms with Gasteiger partial charge in [0.25, 0.3) is 0 Å². The molecule has 37 heavy (non-hydrogen) atoms. The van der Waals surface area contributed by atoms with Crippen LogP contribution in [0.2, 0.25) is 0 Å². The smallest absolute Gasteiger partial charge is 0.340 e. The third-order valence-corrected chi connectivity index (χ3v) is 6.42. The molecule has 1 heterocycles. The van der Waals surface area contributed by atoms with Crippen molar-refractivity contribution >= 4 is 29.1 Å². The molecule has 3 aromatic carbocycles. The third kappa shape index (κ3) is 5.19. The fourth-order valence-electron chi connectivity index (χ4n) is 4.62. The summed E-state index contributed by atoms with van der Waals surface area (Å²) in [6.45, 7) is 4.33. The maximum absolute atomic E-state index is 12.0. The first-order valence-electron chi connectivity index (χ1n) is 12.3. The summed E-state index contributed by atoms with van der Waals surface area (Å²) in [6.07, 6.45) is 6.60. The Hall–Kier alpha value is -4.19. The van der Waals surface area contributed by atoms with Crippen molar-refractivity contribution in [3.63, 3.8) is 0 Å². The number of carboxylic acids is 1. The van der Waals surface area contributed by atoms with Crippen molar-refractivity contribution in [3.05, 3.63) is 76.3 Å². The maximum Gasteiger partial charge on any atom is 0.340 e. The molecule has 0 aliphatic rings. The van der Waals surface area contributed by atoms with E-state index in [9.17, 15) is 9.90 Å². The Morgan fingerprint density at radius 2 is 1.62 bits per heavy atom. The molecule has 0 atom stereocenters. The first kappa shape index (κ1) is 25.9. The zero-order valence-electron chi connectivity index (χ0n) is 21.9. The molecule has 0 aliphatic carbocycles. The van der Waals surface area contributed by atoms with Crippen LogP contribution < -0.4 is 14.2 Å². The van der Waals surface area contributed by atoms with Crippen molar-refractivity contribution in [1.82, 2.24) is 0 Å². The van der Waals surface area contributed by atoms with Gasteiger partial charge in [-0.3, -0.25) is 0 Å². The second-order valence-electron chi connectivity index (χ2n) is 8.75. The Balaban J connectivity index is 1.72. The number of aryl methyl sites for hydroxylation is 2. The minimum absolute atomic E-state index is 0.0325. The third-order valence-electron chi connectivity index (χ3n) is 6.42. The Bertz CT molecular complexity index is 1460. The largest absolute Gasteiger partial charge is 0.496 e. The van der Waals surface area contributed by atoms with Crippen molar-refractivity contribution in [1.29, 1.82) is 0 Å². The Labute approximate surface area is 217 Å². The number of methoxy groups -OCH3 is 3. The van der Waals surface area contributed by atoms with Crippen molar-refractivity contribution in [2.75, 3.05) is 21.3 Å². The number of hydrogen-bond donors (Lipinski definition) is 1. The molecule has 192 valence electrons. The van der Waals surface area contributed by atoms with E-state index >= 15 is 0 Å². The van der Waals surface area contributed by atoms with Crippen LogP contribution in [0.4, 0.5) is 0 Å². The van der Waals surface area contributed by atoms with Gasteiger partial charge in [-0.2, -0.15) is 0 Å². The maximum atomic E-state index is 12.0. The summed E-state index contributed by atoms with van der Waals surface area (Å²) in [5, 5.41) is 10.9. The van der Waals surface area contributed by atoms with Crippen LogP contribution in [0.5, 0.6) is 17.2 Å². The van der Waals surface area contributed by atoms with Crippen LogP contribution in [0.1, 0.15) is 52.9 Å². The highest BCUT2D eigenvalue weighted by atomic mass is 16.5. The number of rotatable bonds is 10. The zero-order chi connectivity index (χ0) is 26.5. The highest BCUT2D eigenvalue weighted by Crippen LogP contribution is 2.36. The molecule has 4 aromatic rings. The predicted octanol–water partition coefficient (Wildman–Crippen LogP) is 7.51. The highest BCUT2D eigenvalue weighted by molar-refractivity contribution is 5.97. The van der Waals surface area contributed by atoms with Crippen LogP contribution in [-0.4, -0.2) is 32.4 Å². The van der Waals surface area contributed by atoms with Crippen LogP contribution in [0.25, 0.3) is 34.4 Å². The van der Waals surface area contributed by atoms with Gasteiger partial charge in [0.2, 0.25) is 0 Å². The van der Waals surface area contributed by atoms with Gasteiger partial charge in [0.1, 0.15) is 22.7 Å². The van der Waals surface area contributed by atoms with E-state index in [1.165, 1.54) is 25.3 Å². The van der Waals surface area contributed by atoms with Crippen molar-refractivity contribution in [2.24, 2.45) is 0 Å². The molecular weight excluding hydrogens is 468 g/mol. The molecule has 4 rings (SSSR count). The molecule has 0 saturated heterocycles. The van der Waals surface area contributed by atoms with E-state index in [-0.39, 0.29) is 11.3 Å². The molecule has 0 unspecified atom stereocenters. The number of hydrogen-bond acceptors (Lipinski definition) is 5. The summed E-state index contributed by atoms with van der Waals surface area (Å²) in [6, 6.07) is 15.8. The van der Waals surface area contributed by atoms with E-state index in [1.807, 2.05) is 24.3 Å². The number of furan rings is 1. The van der Waals surface area contributed by atoms with Gasteiger partial charge in [-0.05, 0) is 53.8 Å². The summed E-state index contributed by atoms with van der Waals surface area (Å²) < 4.78 is 22.5. The first-order chi connectivity index (χ1) is 17.9. The van der Waals surface area contributed by atoms with Gasteiger partial charge in [-0.1, -0.05) is 56.7 Å². The molecule has 1 N–H and O–H groups in total. The molecular formula is C31H32O6. The summed E-state index contributed by atoms with van der Waals surface area (Å²) in [4.78, 5) is 12.0. The Morgan fingerprint density at radius 3 is 2.27 bits per heavy atom. The van der Waals surface area contributed by atoms with E-state index in [0.717, 1.165) is 47.1 Å². The fraction of sp³-hybridized carbons (Fsp3) is 0.258. The van der Waals surface area contributed by atoms with Crippen LogP contribution in [0.15, 0.2) is 52.9 Å². The predicted molar refractivity (Wildman–Crippen MR) is 147 cm³/mol. The SMILES string of the molecule is CCCc1cc(CC)c2oc(-c3ccc(C=Cc4ccc(OC)c(OC)c4C(=O)O)c(OC)c3)cc2c1. The van der Waals surface area contributed by atoms with Gasteiger partial charge < -0.3 is 23.7 Å². The molecule has 0 bridgehead atoms. The number of fused-ring (bicyclic) bond motifs is 1. The van der Waals surface area contributed by atoms with Crippen molar-refractivity contribution in [3.8, 4) is 28.6 Å². The summed E-state index contributed by atoms with van der Waals surface area (Å²) >= 11 is 0. The summed E-state index contributed by atoms with van der Waals surface area (Å²) in [5.74, 6) is 0.862. The number of benzene rings is 3. The lowest BCUT2D eigenvalue weighted by Gasteiger charge is -2.12. The Morgan fingerprint density at radius 1 is 0.892 bits per heavy atom. The van der Waals surface area contributed by atoms with E-state index in [4.69, 9.17) is 18.6 Å². The van der Waals surface area contributed by atoms with Crippen LogP contribution in [-0.2, 0) is 12.8 Å². The second-order valence-corrected chi connectivity index (χ2v) is 8.75. The number of ether oxygens (including phenoxy) is 3. The molecule has 0 amide bonds. The van der Waals surface area contributed by atoms with Gasteiger partial charge in [0, 0.05) is 16.5 Å². The summed E-state index contributed by atoms with van der Waals surface area (Å²) in [5.41, 5.74) is 5.69.